The van der Waals surface area contributed by atoms with E-state index >= 15 is 0 Å². The van der Waals surface area contributed by atoms with E-state index in [2.05, 4.69) is 53.2 Å². The van der Waals surface area contributed by atoms with Crippen LogP contribution in [0.3, 0.4) is 0 Å². The van der Waals surface area contributed by atoms with E-state index in [1.54, 1.807) is 6.20 Å². The number of carbonyl (C=O) groups is 1. The first-order valence-electron chi connectivity index (χ1n) is 10.6. The highest BCUT2D eigenvalue weighted by molar-refractivity contribution is 7.99. The molecule has 0 radical (unpaired) electrons. The maximum absolute atomic E-state index is 12.8. The normalized spacial score (nSPS) is 14.1. The summed E-state index contributed by atoms with van der Waals surface area (Å²) in [6.45, 7) is 5.76. The number of carbonyl (C=O) groups excluding carboxylic acids is 1. The number of amides is 1. The fraction of sp³-hybridized carbons (Fsp3) is 0.333. The van der Waals surface area contributed by atoms with Crippen LogP contribution in [0.4, 0.5) is 5.69 Å². The van der Waals surface area contributed by atoms with Gasteiger partial charge in [0.2, 0.25) is 5.91 Å². The van der Waals surface area contributed by atoms with E-state index in [1.165, 1.54) is 23.0 Å². The fourth-order valence-corrected chi connectivity index (χ4v) is 4.65. The van der Waals surface area contributed by atoms with Crippen LogP contribution in [0.1, 0.15) is 16.8 Å². The van der Waals surface area contributed by atoms with Gasteiger partial charge in [0.15, 0.2) is 5.16 Å². The summed E-state index contributed by atoms with van der Waals surface area (Å²) in [6.07, 6.45) is 1.69. The molecule has 6 nitrogen and oxygen atoms in total. The number of aromatic nitrogens is 2. The molecular weight excluding hydrogens is 408 g/mol. The number of imidazole rings is 1. The average Bonchev–Trinajstić information content (AvgIpc) is 3.21. The van der Waals surface area contributed by atoms with Gasteiger partial charge in [0, 0.05) is 38.4 Å². The zero-order valence-electron chi connectivity index (χ0n) is 17.8. The van der Waals surface area contributed by atoms with Crippen molar-refractivity contribution in [3.63, 3.8) is 0 Å². The van der Waals surface area contributed by atoms with Gasteiger partial charge in [-0.15, -0.1) is 0 Å². The number of nitrogens with zero attached hydrogens (tertiary/aromatic N) is 4. The lowest BCUT2D eigenvalue weighted by atomic mass is 10.1. The van der Waals surface area contributed by atoms with Crippen LogP contribution in [0.2, 0.25) is 0 Å². The van der Waals surface area contributed by atoms with Crippen LogP contribution in [-0.2, 0) is 17.9 Å². The van der Waals surface area contributed by atoms with E-state index in [0.29, 0.717) is 12.3 Å². The minimum atomic E-state index is -0.0746. The molecule has 2 heterocycles. The predicted molar refractivity (Wildman–Crippen MR) is 124 cm³/mol. The van der Waals surface area contributed by atoms with Crippen molar-refractivity contribution in [2.45, 2.75) is 25.2 Å². The van der Waals surface area contributed by atoms with Gasteiger partial charge in [-0.25, -0.2) is 4.98 Å². The molecule has 2 aromatic carbocycles. The van der Waals surface area contributed by atoms with Crippen molar-refractivity contribution in [3.8, 4) is 0 Å². The molecule has 0 unspecified atom stereocenters. The van der Waals surface area contributed by atoms with Gasteiger partial charge in [-0.1, -0.05) is 59.8 Å². The minimum Gasteiger partial charge on any atom is -0.390 e. The SMILES string of the molecule is Cc1ccc(Cn2c(CO)cnc2SCC(=O)N2CCN(c3ccccc3)CC2)cc1. The Kier molecular flexibility index (Phi) is 6.94. The number of hydrogen-bond acceptors (Lipinski definition) is 5. The molecule has 1 amide bonds. The van der Waals surface area contributed by atoms with E-state index in [-0.39, 0.29) is 12.5 Å². The van der Waals surface area contributed by atoms with Crippen molar-refractivity contribution in [1.82, 2.24) is 14.5 Å². The molecular formula is C24H28N4O2S. The maximum atomic E-state index is 12.8. The van der Waals surface area contributed by atoms with E-state index < -0.39 is 0 Å². The molecule has 0 atom stereocenters. The van der Waals surface area contributed by atoms with Crippen molar-refractivity contribution >= 4 is 23.4 Å². The van der Waals surface area contributed by atoms with Gasteiger partial charge < -0.3 is 19.5 Å². The monoisotopic (exact) mass is 436 g/mol. The highest BCUT2D eigenvalue weighted by Crippen LogP contribution is 2.22. The average molecular weight is 437 g/mol. The first kappa shape index (κ1) is 21.5. The molecule has 4 rings (SSSR count). The smallest absolute Gasteiger partial charge is 0.233 e. The second kappa shape index (κ2) is 10.0. The van der Waals surface area contributed by atoms with E-state index in [1.807, 2.05) is 27.7 Å². The van der Waals surface area contributed by atoms with Crippen LogP contribution in [0.15, 0.2) is 66.0 Å². The summed E-state index contributed by atoms with van der Waals surface area (Å²) in [5, 5.41) is 10.5. The summed E-state index contributed by atoms with van der Waals surface area (Å²) in [5.41, 5.74) is 4.32. The molecule has 1 fully saturated rings. The summed E-state index contributed by atoms with van der Waals surface area (Å²) in [5.74, 6) is 0.481. The lowest BCUT2D eigenvalue weighted by molar-refractivity contribution is -0.128. The zero-order valence-corrected chi connectivity index (χ0v) is 18.6. The second-order valence-electron chi connectivity index (χ2n) is 7.75. The molecule has 0 bridgehead atoms. The molecule has 0 spiro atoms. The Bertz CT molecular complexity index is 996. The molecule has 1 aromatic heterocycles. The second-order valence-corrected chi connectivity index (χ2v) is 8.70. The van der Waals surface area contributed by atoms with Gasteiger partial charge in [0.25, 0.3) is 0 Å². The Hall–Kier alpha value is -2.77. The first-order chi connectivity index (χ1) is 15.1. The summed E-state index contributed by atoms with van der Waals surface area (Å²) in [4.78, 5) is 21.5. The standard InChI is InChI=1S/C24H28N4O2S/c1-19-7-9-20(10-8-19)16-28-22(17-29)15-25-24(28)31-18-23(30)27-13-11-26(12-14-27)21-5-3-2-4-6-21/h2-10,15,29H,11-14,16-18H2,1H3. The molecule has 162 valence electrons. The maximum Gasteiger partial charge on any atom is 0.233 e. The van der Waals surface area contributed by atoms with Crippen LogP contribution in [0.5, 0.6) is 0 Å². The molecule has 1 aliphatic heterocycles. The molecule has 0 aliphatic carbocycles. The van der Waals surface area contributed by atoms with E-state index in [0.717, 1.165) is 42.6 Å². The van der Waals surface area contributed by atoms with Crippen LogP contribution >= 0.6 is 11.8 Å². The molecule has 7 heteroatoms. The first-order valence-corrected chi connectivity index (χ1v) is 11.5. The van der Waals surface area contributed by atoms with Crippen LogP contribution in [0, 0.1) is 6.92 Å². The lowest BCUT2D eigenvalue weighted by Gasteiger charge is -2.36. The molecule has 3 aromatic rings. The van der Waals surface area contributed by atoms with Crippen molar-refractivity contribution in [2.75, 3.05) is 36.8 Å². The van der Waals surface area contributed by atoms with Gasteiger partial charge in [-0.3, -0.25) is 4.79 Å². The molecule has 1 N–H and O–H groups in total. The van der Waals surface area contributed by atoms with E-state index in [4.69, 9.17) is 0 Å². The van der Waals surface area contributed by atoms with Gasteiger partial charge in [-0.2, -0.15) is 0 Å². The number of aliphatic hydroxyl groups excluding tert-OH is 1. The van der Waals surface area contributed by atoms with Crippen molar-refractivity contribution in [1.29, 1.82) is 0 Å². The molecule has 1 aliphatic rings. The number of thioether (sulfide) groups is 1. The topological polar surface area (TPSA) is 61.6 Å². The van der Waals surface area contributed by atoms with Crippen LogP contribution < -0.4 is 4.90 Å². The zero-order chi connectivity index (χ0) is 21.6. The largest absolute Gasteiger partial charge is 0.390 e. The Morgan fingerprint density at radius 3 is 2.42 bits per heavy atom. The number of hydrogen-bond donors (Lipinski definition) is 1. The van der Waals surface area contributed by atoms with Crippen LogP contribution in [0.25, 0.3) is 0 Å². The number of piperazine rings is 1. The number of aliphatic hydroxyl groups is 1. The number of benzene rings is 2. The summed E-state index contributed by atoms with van der Waals surface area (Å²) < 4.78 is 2.00. The Labute approximate surface area is 187 Å². The number of aryl methyl sites for hydroxylation is 1. The highest BCUT2D eigenvalue weighted by Gasteiger charge is 2.22. The van der Waals surface area contributed by atoms with Gasteiger partial charge >= 0.3 is 0 Å². The number of para-hydroxylation sites is 1. The number of anilines is 1. The van der Waals surface area contributed by atoms with Gasteiger partial charge in [0.1, 0.15) is 0 Å². The molecule has 0 saturated carbocycles. The quantitative estimate of drug-likeness (QED) is 0.577. The minimum absolute atomic E-state index is 0.0746. The van der Waals surface area contributed by atoms with Crippen LogP contribution in [-0.4, -0.2) is 57.4 Å². The van der Waals surface area contributed by atoms with Gasteiger partial charge in [0.05, 0.1) is 24.3 Å². The Morgan fingerprint density at radius 2 is 1.74 bits per heavy atom. The fourth-order valence-electron chi connectivity index (χ4n) is 3.75. The molecule has 31 heavy (non-hydrogen) atoms. The molecule has 1 saturated heterocycles. The highest BCUT2D eigenvalue weighted by atomic mass is 32.2. The van der Waals surface area contributed by atoms with Crippen molar-refractivity contribution in [3.05, 3.63) is 77.6 Å². The number of rotatable bonds is 7. The van der Waals surface area contributed by atoms with Crippen molar-refractivity contribution < 1.29 is 9.90 Å². The predicted octanol–water partition coefficient (Wildman–Crippen LogP) is 3.17. The Balaban J connectivity index is 1.34. The third kappa shape index (κ3) is 5.29. The summed E-state index contributed by atoms with van der Waals surface area (Å²) in [7, 11) is 0. The van der Waals surface area contributed by atoms with E-state index in [9.17, 15) is 9.90 Å². The Morgan fingerprint density at radius 1 is 1.03 bits per heavy atom. The van der Waals surface area contributed by atoms with Crippen molar-refractivity contribution in [2.24, 2.45) is 0 Å². The summed E-state index contributed by atoms with van der Waals surface area (Å²) in [6, 6.07) is 18.7. The lowest BCUT2D eigenvalue weighted by Crippen LogP contribution is -2.49. The summed E-state index contributed by atoms with van der Waals surface area (Å²) >= 11 is 1.44. The third-order valence-electron chi connectivity index (χ3n) is 5.60. The third-order valence-corrected chi connectivity index (χ3v) is 6.58. The van der Waals surface area contributed by atoms with Gasteiger partial charge in [-0.05, 0) is 24.6 Å².